The molecule has 1 fully saturated rings. The van der Waals surface area contributed by atoms with Crippen molar-refractivity contribution in [3.05, 3.63) is 33.9 Å². The van der Waals surface area contributed by atoms with Crippen molar-refractivity contribution >= 4 is 11.4 Å². The summed E-state index contributed by atoms with van der Waals surface area (Å²) in [5.74, 6) is 0. The van der Waals surface area contributed by atoms with Gasteiger partial charge in [0.1, 0.15) is 11.6 Å². The van der Waals surface area contributed by atoms with Crippen molar-refractivity contribution in [3.8, 4) is 6.07 Å². The SMILES string of the molecule is CC1(O)CCN(c2ccc([N+](=O)[O-])c(C#N)c2)C1. The summed E-state index contributed by atoms with van der Waals surface area (Å²) >= 11 is 0. The van der Waals surface area contributed by atoms with Gasteiger partial charge < -0.3 is 10.0 Å². The van der Waals surface area contributed by atoms with Crippen LogP contribution >= 0.6 is 0 Å². The number of nitro groups is 1. The first-order chi connectivity index (χ1) is 8.43. The van der Waals surface area contributed by atoms with Crippen molar-refractivity contribution in [2.45, 2.75) is 18.9 Å². The number of nitrogens with zero attached hydrogens (tertiary/aromatic N) is 3. The Balaban J connectivity index is 2.32. The van der Waals surface area contributed by atoms with Gasteiger partial charge in [-0.15, -0.1) is 0 Å². The summed E-state index contributed by atoms with van der Waals surface area (Å²) < 4.78 is 0. The van der Waals surface area contributed by atoms with Gasteiger partial charge in [0.2, 0.25) is 0 Å². The maximum absolute atomic E-state index is 10.7. The molecule has 0 amide bonds. The fourth-order valence-corrected chi connectivity index (χ4v) is 2.13. The van der Waals surface area contributed by atoms with Crippen LogP contribution < -0.4 is 4.90 Å². The summed E-state index contributed by atoms with van der Waals surface area (Å²) in [7, 11) is 0. The summed E-state index contributed by atoms with van der Waals surface area (Å²) in [6.45, 7) is 2.90. The van der Waals surface area contributed by atoms with Gasteiger partial charge in [-0.2, -0.15) is 5.26 Å². The van der Waals surface area contributed by atoms with Gasteiger partial charge >= 0.3 is 0 Å². The Morgan fingerprint density at radius 2 is 2.33 bits per heavy atom. The molecule has 18 heavy (non-hydrogen) atoms. The Morgan fingerprint density at radius 3 is 2.83 bits per heavy atom. The zero-order valence-electron chi connectivity index (χ0n) is 9.96. The van der Waals surface area contributed by atoms with Crippen molar-refractivity contribution in [1.82, 2.24) is 0 Å². The lowest BCUT2D eigenvalue weighted by Crippen LogP contribution is -2.29. The third kappa shape index (κ3) is 2.26. The van der Waals surface area contributed by atoms with Crippen molar-refractivity contribution in [2.75, 3.05) is 18.0 Å². The lowest BCUT2D eigenvalue weighted by Gasteiger charge is -2.20. The van der Waals surface area contributed by atoms with E-state index in [1.165, 1.54) is 12.1 Å². The molecule has 0 radical (unpaired) electrons. The summed E-state index contributed by atoms with van der Waals surface area (Å²) in [6, 6.07) is 6.28. The van der Waals surface area contributed by atoms with E-state index in [0.29, 0.717) is 19.5 Å². The third-order valence-electron chi connectivity index (χ3n) is 3.11. The molecule has 1 atom stereocenters. The van der Waals surface area contributed by atoms with Gasteiger partial charge in [0.15, 0.2) is 0 Å². The minimum absolute atomic E-state index is 0.0454. The second-order valence-electron chi connectivity index (χ2n) is 4.74. The molecule has 0 aliphatic carbocycles. The molecule has 1 aromatic rings. The highest BCUT2D eigenvalue weighted by Gasteiger charge is 2.31. The molecule has 1 aromatic carbocycles. The fraction of sp³-hybridized carbons (Fsp3) is 0.417. The van der Waals surface area contributed by atoms with Gasteiger partial charge in [-0.25, -0.2) is 0 Å². The number of benzene rings is 1. The zero-order valence-corrected chi connectivity index (χ0v) is 9.96. The number of anilines is 1. The molecule has 0 saturated carbocycles. The molecular formula is C12H13N3O3. The maximum atomic E-state index is 10.7. The highest BCUT2D eigenvalue weighted by atomic mass is 16.6. The number of nitro benzene ring substituents is 1. The first-order valence-electron chi connectivity index (χ1n) is 5.59. The van der Waals surface area contributed by atoms with Crippen LogP contribution in [-0.4, -0.2) is 28.7 Å². The summed E-state index contributed by atoms with van der Waals surface area (Å²) in [5.41, 5.74) is -0.152. The minimum atomic E-state index is -0.741. The highest BCUT2D eigenvalue weighted by Crippen LogP contribution is 2.29. The van der Waals surface area contributed by atoms with Crippen LogP contribution in [0.25, 0.3) is 0 Å². The van der Waals surface area contributed by atoms with E-state index >= 15 is 0 Å². The predicted molar refractivity (Wildman–Crippen MR) is 65.3 cm³/mol. The number of β-amino-alcohol motifs (C(OH)–C–C–N with tert-alkyl or cyclic N) is 1. The quantitative estimate of drug-likeness (QED) is 0.630. The molecule has 1 N–H and O–H groups in total. The smallest absolute Gasteiger partial charge is 0.287 e. The fourth-order valence-electron chi connectivity index (χ4n) is 2.13. The standard InChI is InChI=1S/C12H13N3O3/c1-12(16)4-5-14(8-12)10-2-3-11(15(17)18)9(6-10)7-13/h2-3,6,16H,4-5,8H2,1H3. The van der Waals surface area contributed by atoms with E-state index in [1.807, 2.05) is 11.0 Å². The average Bonchev–Trinajstić information content (AvgIpc) is 2.68. The van der Waals surface area contributed by atoms with Crippen LogP contribution in [0.1, 0.15) is 18.9 Å². The van der Waals surface area contributed by atoms with Crippen molar-refractivity contribution in [1.29, 1.82) is 5.26 Å². The van der Waals surface area contributed by atoms with Crippen molar-refractivity contribution < 1.29 is 10.0 Å². The number of nitriles is 1. The number of aliphatic hydroxyl groups is 1. The maximum Gasteiger partial charge on any atom is 0.287 e. The Labute approximate surface area is 104 Å². The second-order valence-corrected chi connectivity index (χ2v) is 4.74. The zero-order chi connectivity index (χ0) is 13.3. The van der Waals surface area contributed by atoms with E-state index in [4.69, 9.17) is 5.26 Å². The number of hydrogen-bond acceptors (Lipinski definition) is 5. The predicted octanol–water partition coefficient (Wildman–Crippen LogP) is 1.43. The molecule has 0 spiro atoms. The summed E-state index contributed by atoms with van der Waals surface area (Å²) in [4.78, 5) is 12.1. The van der Waals surface area contributed by atoms with Gasteiger partial charge in [-0.3, -0.25) is 10.1 Å². The average molecular weight is 247 g/mol. The molecule has 6 heteroatoms. The lowest BCUT2D eigenvalue weighted by atomic mass is 10.1. The topological polar surface area (TPSA) is 90.4 Å². The Morgan fingerprint density at radius 1 is 1.61 bits per heavy atom. The van der Waals surface area contributed by atoms with E-state index in [9.17, 15) is 15.2 Å². The second kappa shape index (κ2) is 4.27. The third-order valence-corrected chi connectivity index (χ3v) is 3.11. The monoisotopic (exact) mass is 247 g/mol. The molecule has 1 heterocycles. The van der Waals surface area contributed by atoms with Crippen LogP contribution in [0.2, 0.25) is 0 Å². The normalized spacial score (nSPS) is 22.8. The molecule has 1 aliphatic rings. The Bertz CT molecular complexity index is 534. The first kappa shape index (κ1) is 12.3. The van der Waals surface area contributed by atoms with Crippen LogP contribution in [0.5, 0.6) is 0 Å². The van der Waals surface area contributed by atoms with Crippen LogP contribution in [0.4, 0.5) is 11.4 Å². The highest BCUT2D eigenvalue weighted by molar-refractivity contribution is 5.60. The van der Waals surface area contributed by atoms with Crippen molar-refractivity contribution in [3.63, 3.8) is 0 Å². The van der Waals surface area contributed by atoms with Crippen LogP contribution in [0.15, 0.2) is 18.2 Å². The largest absolute Gasteiger partial charge is 0.388 e. The minimum Gasteiger partial charge on any atom is -0.388 e. The Hall–Kier alpha value is -2.13. The van der Waals surface area contributed by atoms with Gasteiger partial charge in [0, 0.05) is 24.8 Å². The Kier molecular flexibility index (Phi) is 2.93. The van der Waals surface area contributed by atoms with Crippen LogP contribution in [0, 0.1) is 21.4 Å². The van der Waals surface area contributed by atoms with E-state index in [0.717, 1.165) is 5.69 Å². The van der Waals surface area contributed by atoms with E-state index in [2.05, 4.69) is 0 Å². The molecule has 6 nitrogen and oxygen atoms in total. The van der Waals surface area contributed by atoms with Crippen LogP contribution in [0.3, 0.4) is 0 Å². The van der Waals surface area contributed by atoms with Gasteiger partial charge in [-0.1, -0.05) is 0 Å². The molecule has 0 aromatic heterocycles. The van der Waals surface area contributed by atoms with Crippen molar-refractivity contribution in [2.24, 2.45) is 0 Å². The molecular weight excluding hydrogens is 234 g/mol. The van der Waals surface area contributed by atoms with Gasteiger partial charge in [0.05, 0.1) is 10.5 Å². The molecule has 2 rings (SSSR count). The number of hydrogen-bond donors (Lipinski definition) is 1. The molecule has 0 bridgehead atoms. The van der Waals surface area contributed by atoms with E-state index in [-0.39, 0.29) is 11.3 Å². The number of rotatable bonds is 2. The molecule has 1 saturated heterocycles. The van der Waals surface area contributed by atoms with E-state index < -0.39 is 10.5 Å². The molecule has 94 valence electrons. The van der Waals surface area contributed by atoms with Gasteiger partial charge in [0.25, 0.3) is 5.69 Å². The van der Waals surface area contributed by atoms with Crippen LogP contribution in [-0.2, 0) is 0 Å². The summed E-state index contributed by atoms with van der Waals surface area (Å²) in [5, 5.41) is 29.5. The lowest BCUT2D eigenvalue weighted by molar-refractivity contribution is -0.385. The van der Waals surface area contributed by atoms with Gasteiger partial charge in [-0.05, 0) is 25.5 Å². The first-order valence-corrected chi connectivity index (χ1v) is 5.59. The molecule has 1 aliphatic heterocycles. The molecule has 1 unspecified atom stereocenters. The van der Waals surface area contributed by atoms with E-state index in [1.54, 1.807) is 13.0 Å². The summed E-state index contributed by atoms with van der Waals surface area (Å²) in [6.07, 6.45) is 0.645.